The van der Waals surface area contributed by atoms with Crippen LogP contribution < -0.4 is 10.2 Å². The number of likely N-dealkylation sites (N-methyl/N-ethyl adjacent to an activating group) is 1. The largest absolute Gasteiger partial charge is 0.344 e. The summed E-state index contributed by atoms with van der Waals surface area (Å²) in [6.07, 6.45) is 2.58. The lowest BCUT2D eigenvalue weighted by molar-refractivity contribution is 0.372. The molecule has 0 bridgehead atoms. The van der Waals surface area contributed by atoms with E-state index in [1.807, 2.05) is 18.4 Å². The van der Waals surface area contributed by atoms with Crippen molar-refractivity contribution in [2.75, 3.05) is 39.1 Å². The maximum Gasteiger partial charge on any atom is 0.186 e. The minimum atomic E-state index is 0.632. The summed E-state index contributed by atoms with van der Waals surface area (Å²) in [5, 5.41) is 4.43. The number of nitrogens with zero attached hydrogens (tertiary/aromatic N) is 3. The molecule has 5 heteroatoms. The van der Waals surface area contributed by atoms with Gasteiger partial charge in [0.05, 0.1) is 5.69 Å². The Kier molecular flexibility index (Phi) is 4.59. The van der Waals surface area contributed by atoms with E-state index in [1.54, 1.807) is 0 Å². The monoisotopic (exact) mass is 268 g/mol. The van der Waals surface area contributed by atoms with E-state index in [0.717, 1.165) is 19.6 Å². The molecule has 102 valence electrons. The Hall–Kier alpha value is -0.650. The average molecular weight is 268 g/mol. The van der Waals surface area contributed by atoms with Crippen molar-refractivity contribution in [1.82, 2.24) is 15.2 Å². The van der Waals surface area contributed by atoms with Crippen LogP contribution in [0.25, 0.3) is 0 Å². The predicted octanol–water partition coefficient (Wildman–Crippen LogP) is 1.70. The highest BCUT2D eigenvalue weighted by atomic mass is 32.1. The number of rotatable bonds is 5. The summed E-state index contributed by atoms with van der Waals surface area (Å²) in [4.78, 5) is 10.9. The molecule has 0 aliphatic carbocycles. The molecule has 1 aromatic heterocycles. The summed E-state index contributed by atoms with van der Waals surface area (Å²) < 4.78 is 0. The van der Waals surface area contributed by atoms with E-state index in [4.69, 9.17) is 4.98 Å². The molecule has 1 unspecified atom stereocenters. The van der Waals surface area contributed by atoms with Gasteiger partial charge in [-0.25, -0.2) is 4.98 Å². The smallest absolute Gasteiger partial charge is 0.186 e. The molecule has 1 N–H and O–H groups in total. The van der Waals surface area contributed by atoms with Crippen LogP contribution in [0.4, 0.5) is 5.13 Å². The number of aryl methyl sites for hydroxylation is 1. The van der Waals surface area contributed by atoms with Crippen LogP contribution in [-0.4, -0.2) is 50.2 Å². The fourth-order valence-corrected chi connectivity index (χ4v) is 3.73. The van der Waals surface area contributed by atoms with Gasteiger partial charge >= 0.3 is 0 Å². The first kappa shape index (κ1) is 13.8. The van der Waals surface area contributed by atoms with Crippen molar-refractivity contribution in [2.24, 2.45) is 0 Å². The van der Waals surface area contributed by atoms with Crippen LogP contribution in [0.15, 0.2) is 0 Å². The van der Waals surface area contributed by atoms with Gasteiger partial charge in [-0.2, -0.15) is 0 Å². The molecule has 1 fully saturated rings. The third-order valence-electron chi connectivity index (χ3n) is 3.42. The highest BCUT2D eigenvalue weighted by Crippen LogP contribution is 2.31. The van der Waals surface area contributed by atoms with E-state index >= 15 is 0 Å². The molecule has 0 saturated carbocycles. The molecule has 1 aliphatic heterocycles. The first-order valence-corrected chi connectivity index (χ1v) is 7.45. The summed E-state index contributed by atoms with van der Waals surface area (Å²) in [7, 11) is 6.29. The molecule has 2 rings (SSSR count). The molecule has 4 nitrogen and oxygen atoms in total. The van der Waals surface area contributed by atoms with E-state index < -0.39 is 0 Å². The van der Waals surface area contributed by atoms with E-state index in [2.05, 4.69) is 36.1 Å². The number of aromatic nitrogens is 1. The lowest BCUT2D eigenvalue weighted by Crippen LogP contribution is -2.37. The topological polar surface area (TPSA) is 31.4 Å². The SMILES string of the molecule is CNCc1sc(N2CCCC2CN(C)C)nc1C. The highest BCUT2D eigenvalue weighted by molar-refractivity contribution is 7.15. The number of nitrogens with one attached hydrogen (secondary N) is 1. The quantitative estimate of drug-likeness (QED) is 0.881. The van der Waals surface area contributed by atoms with E-state index in [1.165, 1.54) is 28.5 Å². The predicted molar refractivity (Wildman–Crippen MR) is 78.5 cm³/mol. The molecule has 0 spiro atoms. The highest BCUT2D eigenvalue weighted by Gasteiger charge is 2.27. The average Bonchev–Trinajstić information content (AvgIpc) is 2.86. The van der Waals surface area contributed by atoms with Crippen molar-refractivity contribution in [3.8, 4) is 0 Å². The summed E-state index contributed by atoms with van der Waals surface area (Å²) >= 11 is 1.85. The van der Waals surface area contributed by atoms with Crippen LogP contribution in [0.1, 0.15) is 23.4 Å². The van der Waals surface area contributed by atoms with Gasteiger partial charge in [0, 0.05) is 30.6 Å². The summed E-state index contributed by atoms with van der Waals surface area (Å²) in [6, 6.07) is 0.632. The number of hydrogen-bond donors (Lipinski definition) is 1. The first-order chi connectivity index (χ1) is 8.61. The van der Waals surface area contributed by atoms with Crippen molar-refractivity contribution in [1.29, 1.82) is 0 Å². The van der Waals surface area contributed by atoms with Gasteiger partial charge in [-0.1, -0.05) is 0 Å². The molecular formula is C13H24N4S. The van der Waals surface area contributed by atoms with Crippen molar-refractivity contribution >= 4 is 16.5 Å². The maximum atomic E-state index is 4.75. The molecular weight excluding hydrogens is 244 g/mol. The molecule has 1 saturated heterocycles. The van der Waals surface area contributed by atoms with Gasteiger partial charge in [0.1, 0.15) is 0 Å². The number of anilines is 1. The minimum absolute atomic E-state index is 0.632. The molecule has 1 aromatic rings. The van der Waals surface area contributed by atoms with E-state index in [0.29, 0.717) is 6.04 Å². The Morgan fingerprint density at radius 3 is 2.94 bits per heavy atom. The number of hydrogen-bond acceptors (Lipinski definition) is 5. The first-order valence-electron chi connectivity index (χ1n) is 6.64. The Labute approximate surface area is 114 Å². The van der Waals surface area contributed by atoms with Gasteiger partial charge in [-0.05, 0) is 40.9 Å². The van der Waals surface area contributed by atoms with E-state index in [9.17, 15) is 0 Å². The normalized spacial score (nSPS) is 20.1. The van der Waals surface area contributed by atoms with Gasteiger partial charge < -0.3 is 15.1 Å². The molecule has 18 heavy (non-hydrogen) atoms. The summed E-state index contributed by atoms with van der Waals surface area (Å²) in [5.74, 6) is 0. The van der Waals surface area contributed by atoms with Gasteiger partial charge in [0.15, 0.2) is 5.13 Å². The van der Waals surface area contributed by atoms with Crippen molar-refractivity contribution in [3.63, 3.8) is 0 Å². The fraction of sp³-hybridized carbons (Fsp3) is 0.769. The van der Waals surface area contributed by atoms with Gasteiger partial charge in [0.2, 0.25) is 0 Å². The van der Waals surface area contributed by atoms with Crippen LogP contribution in [-0.2, 0) is 6.54 Å². The van der Waals surface area contributed by atoms with Crippen LogP contribution in [0, 0.1) is 6.92 Å². The van der Waals surface area contributed by atoms with Crippen LogP contribution in [0.2, 0.25) is 0 Å². The zero-order chi connectivity index (χ0) is 13.1. The van der Waals surface area contributed by atoms with Gasteiger partial charge in [-0.15, -0.1) is 11.3 Å². The second kappa shape index (κ2) is 5.99. The third-order valence-corrected chi connectivity index (χ3v) is 4.61. The fourth-order valence-electron chi connectivity index (χ4n) is 2.56. The van der Waals surface area contributed by atoms with Crippen LogP contribution in [0.3, 0.4) is 0 Å². The summed E-state index contributed by atoms with van der Waals surface area (Å²) in [5.41, 5.74) is 1.18. The Morgan fingerprint density at radius 1 is 1.50 bits per heavy atom. The van der Waals surface area contributed by atoms with Gasteiger partial charge in [0.25, 0.3) is 0 Å². The van der Waals surface area contributed by atoms with Crippen molar-refractivity contribution in [3.05, 3.63) is 10.6 Å². The van der Waals surface area contributed by atoms with Crippen molar-refractivity contribution in [2.45, 2.75) is 32.4 Å². The summed E-state index contributed by atoms with van der Waals surface area (Å²) in [6.45, 7) is 5.32. The second-order valence-electron chi connectivity index (χ2n) is 5.29. The number of thiazole rings is 1. The zero-order valence-corrected chi connectivity index (χ0v) is 12.7. The van der Waals surface area contributed by atoms with Gasteiger partial charge in [-0.3, -0.25) is 0 Å². The molecule has 1 atom stereocenters. The Balaban J connectivity index is 2.12. The molecule has 0 amide bonds. The Bertz CT molecular complexity index is 388. The maximum absolute atomic E-state index is 4.75. The third kappa shape index (κ3) is 3.02. The lowest BCUT2D eigenvalue weighted by Gasteiger charge is -2.26. The zero-order valence-electron chi connectivity index (χ0n) is 11.9. The molecule has 1 aliphatic rings. The van der Waals surface area contributed by atoms with E-state index in [-0.39, 0.29) is 0 Å². The standard InChI is InChI=1S/C13H24N4S/c1-10-12(8-14-2)18-13(15-10)17-7-5-6-11(17)9-16(3)4/h11,14H,5-9H2,1-4H3. The second-order valence-corrected chi connectivity index (χ2v) is 6.35. The Morgan fingerprint density at radius 2 is 2.28 bits per heavy atom. The van der Waals surface area contributed by atoms with Crippen LogP contribution in [0.5, 0.6) is 0 Å². The van der Waals surface area contributed by atoms with Crippen LogP contribution >= 0.6 is 11.3 Å². The molecule has 0 radical (unpaired) electrons. The lowest BCUT2D eigenvalue weighted by atomic mass is 10.2. The molecule has 2 heterocycles. The minimum Gasteiger partial charge on any atom is -0.344 e. The molecule has 0 aromatic carbocycles. The van der Waals surface area contributed by atoms with Crippen molar-refractivity contribution < 1.29 is 0 Å².